The highest BCUT2D eigenvalue weighted by molar-refractivity contribution is 7.05. The van der Waals surface area contributed by atoms with Crippen LogP contribution in [0.25, 0.3) is 0 Å². The average Bonchev–Trinajstić information content (AvgIpc) is 2.68. The van der Waals surface area contributed by atoms with Crippen molar-refractivity contribution in [2.75, 3.05) is 6.61 Å². The van der Waals surface area contributed by atoms with Crippen molar-refractivity contribution in [3.05, 3.63) is 10.6 Å². The molecule has 3 N–H and O–H groups in total. The molecule has 0 bridgehead atoms. The second-order valence-corrected chi connectivity index (χ2v) is 4.72. The van der Waals surface area contributed by atoms with Crippen LogP contribution in [0.5, 0.6) is 0 Å². The van der Waals surface area contributed by atoms with Gasteiger partial charge in [-0.2, -0.15) is 0 Å². The van der Waals surface area contributed by atoms with E-state index >= 15 is 0 Å². The number of hydrazine groups is 1. The lowest BCUT2D eigenvalue weighted by Crippen LogP contribution is -2.32. The highest BCUT2D eigenvalue weighted by Gasteiger charge is 2.18. The van der Waals surface area contributed by atoms with Crippen LogP contribution in [-0.2, 0) is 11.2 Å². The van der Waals surface area contributed by atoms with Crippen molar-refractivity contribution >= 4 is 11.5 Å². The van der Waals surface area contributed by atoms with E-state index in [-0.39, 0.29) is 12.1 Å². The van der Waals surface area contributed by atoms with Crippen molar-refractivity contribution in [1.29, 1.82) is 0 Å². The van der Waals surface area contributed by atoms with Gasteiger partial charge >= 0.3 is 0 Å². The molecule has 0 aliphatic rings. The van der Waals surface area contributed by atoms with Gasteiger partial charge < -0.3 is 4.74 Å². The Morgan fingerprint density at radius 2 is 2.25 bits per heavy atom. The molecule has 0 saturated heterocycles. The number of nitrogens with one attached hydrogen (secondary N) is 1. The van der Waals surface area contributed by atoms with E-state index in [0.29, 0.717) is 6.61 Å². The zero-order valence-corrected chi connectivity index (χ0v) is 10.9. The smallest absolute Gasteiger partial charge is 0.0821 e. The second-order valence-electron chi connectivity index (χ2n) is 3.94. The van der Waals surface area contributed by atoms with Crippen LogP contribution in [0.15, 0.2) is 0 Å². The van der Waals surface area contributed by atoms with Gasteiger partial charge in [-0.1, -0.05) is 17.8 Å². The highest BCUT2D eigenvalue weighted by Crippen LogP contribution is 2.21. The molecule has 1 unspecified atom stereocenters. The molecule has 1 aromatic rings. The second kappa shape index (κ2) is 6.90. The number of hydrogen-bond acceptors (Lipinski definition) is 6. The number of hydrogen-bond donors (Lipinski definition) is 2. The minimum atomic E-state index is -0.0102. The van der Waals surface area contributed by atoms with Crippen molar-refractivity contribution < 1.29 is 4.74 Å². The average molecular weight is 244 g/mol. The van der Waals surface area contributed by atoms with E-state index in [9.17, 15) is 0 Å². The predicted molar refractivity (Wildman–Crippen MR) is 65.1 cm³/mol. The summed E-state index contributed by atoms with van der Waals surface area (Å²) in [4.78, 5) is 1.09. The van der Waals surface area contributed by atoms with Gasteiger partial charge in [0, 0.05) is 0 Å². The summed E-state index contributed by atoms with van der Waals surface area (Å²) in [6.45, 7) is 6.68. The summed E-state index contributed by atoms with van der Waals surface area (Å²) in [6.07, 6.45) is 2.19. The molecular weight excluding hydrogens is 224 g/mol. The Labute approximate surface area is 101 Å². The van der Waals surface area contributed by atoms with Gasteiger partial charge in [-0.15, -0.1) is 5.10 Å². The maximum atomic E-state index is 5.56. The van der Waals surface area contributed by atoms with Gasteiger partial charge in [-0.05, 0) is 31.8 Å². The van der Waals surface area contributed by atoms with Gasteiger partial charge in [0.1, 0.15) is 0 Å². The summed E-state index contributed by atoms with van der Waals surface area (Å²) in [5, 5.41) is 4.12. The quantitative estimate of drug-likeness (QED) is 0.560. The zero-order valence-electron chi connectivity index (χ0n) is 10.1. The van der Waals surface area contributed by atoms with E-state index in [0.717, 1.165) is 23.4 Å². The van der Waals surface area contributed by atoms with E-state index in [1.807, 2.05) is 13.8 Å². The number of nitrogens with zero attached hydrogens (tertiary/aromatic N) is 2. The largest absolute Gasteiger partial charge is 0.377 e. The molecule has 1 atom stereocenters. The first-order valence-corrected chi connectivity index (χ1v) is 6.35. The maximum Gasteiger partial charge on any atom is 0.0821 e. The van der Waals surface area contributed by atoms with E-state index in [2.05, 4.69) is 21.9 Å². The summed E-state index contributed by atoms with van der Waals surface area (Å²) in [5.41, 5.74) is 3.79. The number of ether oxygens (including phenoxy) is 1. The van der Waals surface area contributed by atoms with Crippen molar-refractivity contribution in [1.82, 2.24) is 15.0 Å². The van der Waals surface area contributed by atoms with Crippen LogP contribution in [0.2, 0.25) is 0 Å². The van der Waals surface area contributed by atoms with Crippen LogP contribution in [0, 0.1) is 0 Å². The summed E-state index contributed by atoms with van der Waals surface area (Å²) < 4.78 is 9.54. The van der Waals surface area contributed by atoms with Crippen LogP contribution in [0.4, 0.5) is 0 Å². The van der Waals surface area contributed by atoms with Gasteiger partial charge in [-0.3, -0.25) is 5.84 Å². The summed E-state index contributed by atoms with van der Waals surface area (Å²) in [5.74, 6) is 5.54. The fraction of sp³-hybridized carbons (Fsp3) is 0.800. The first-order valence-electron chi connectivity index (χ1n) is 5.57. The molecule has 6 heteroatoms. The van der Waals surface area contributed by atoms with Crippen molar-refractivity contribution in [3.8, 4) is 0 Å². The monoisotopic (exact) mass is 244 g/mol. The molecule has 1 aromatic heterocycles. The third kappa shape index (κ3) is 3.79. The van der Waals surface area contributed by atoms with Gasteiger partial charge in [0.25, 0.3) is 0 Å². The number of aryl methyl sites for hydroxylation is 1. The molecule has 0 radical (unpaired) electrons. The Morgan fingerprint density at radius 1 is 1.50 bits per heavy atom. The third-order valence-electron chi connectivity index (χ3n) is 2.19. The molecule has 92 valence electrons. The fourth-order valence-electron chi connectivity index (χ4n) is 1.38. The van der Waals surface area contributed by atoms with Gasteiger partial charge in [0.05, 0.1) is 29.3 Å². The molecular formula is C10H20N4OS. The van der Waals surface area contributed by atoms with Gasteiger partial charge in [0.2, 0.25) is 0 Å². The normalized spacial score (nSPS) is 13.3. The van der Waals surface area contributed by atoms with E-state index in [1.165, 1.54) is 11.5 Å². The van der Waals surface area contributed by atoms with Crippen LogP contribution in [0.1, 0.15) is 43.8 Å². The van der Waals surface area contributed by atoms with Crippen LogP contribution >= 0.6 is 11.5 Å². The summed E-state index contributed by atoms with van der Waals surface area (Å²) in [6, 6.07) is -0.0102. The first-order chi connectivity index (χ1) is 7.69. The minimum absolute atomic E-state index is 0.0102. The van der Waals surface area contributed by atoms with Gasteiger partial charge in [0.15, 0.2) is 0 Å². The number of nitrogens with two attached hydrogens (primary N) is 1. The summed E-state index contributed by atoms with van der Waals surface area (Å²) >= 11 is 1.39. The van der Waals surface area contributed by atoms with E-state index in [1.54, 1.807) is 0 Å². The van der Waals surface area contributed by atoms with Crippen LogP contribution < -0.4 is 11.3 Å². The molecule has 0 aliphatic carbocycles. The van der Waals surface area contributed by atoms with Crippen LogP contribution in [0.3, 0.4) is 0 Å². The lowest BCUT2D eigenvalue weighted by atomic mass is 10.1. The maximum absolute atomic E-state index is 5.56. The predicted octanol–water partition coefficient (Wildman–Crippen LogP) is 1.42. The Bertz CT molecular complexity index is 303. The molecule has 1 heterocycles. The standard InChI is InChI=1S/C10H20N4OS/c1-4-5-8-10(16-14-13-8)9(12-11)6-15-7(2)3/h7,9,12H,4-6,11H2,1-3H3. The van der Waals surface area contributed by atoms with Crippen molar-refractivity contribution in [2.24, 2.45) is 5.84 Å². The SMILES string of the molecule is CCCc1nnsc1C(COC(C)C)NN. The lowest BCUT2D eigenvalue weighted by molar-refractivity contribution is 0.0616. The number of aromatic nitrogens is 2. The molecule has 0 aromatic carbocycles. The van der Waals surface area contributed by atoms with Crippen molar-refractivity contribution in [3.63, 3.8) is 0 Å². The molecule has 0 saturated carbocycles. The lowest BCUT2D eigenvalue weighted by Gasteiger charge is -2.16. The fourth-order valence-corrected chi connectivity index (χ4v) is 2.12. The molecule has 0 amide bonds. The topological polar surface area (TPSA) is 73.1 Å². The molecule has 5 nitrogen and oxygen atoms in total. The summed E-state index contributed by atoms with van der Waals surface area (Å²) in [7, 11) is 0. The Morgan fingerprint density at radius 3 is 2.81 bits per heavy atom. The Hall–Kier alpha value is -0.560. The minimum Gasteiger partial charge on any atom is -0.377 e. The molecule has 0 spiro atoms. The third-order valence-corrected chi connectivity index (χ3v) is 3.07. The van der Waals surface area contributed by atoms with E-state index in [4.69, 9.17) is 10.6 Å². The molecule has 16 heavy (non-hydrogen) atoms. The first kappa shape index (κ1) is 13.5. The zero-order chi connectivity index (χ0) is 12.0. The Balaban J connectivity index is 2.66. The van der Waals surface area contributed by atoms with E-state index < -0.39 is 0 Å². The van der Waals surface area contributed by atoms with Crippen molar-refractivity contribution in [2.45, 2.75) is 45.8 Å². The highest BCUT2D eigenvalue weighted by atomic mass is 32.1. The number of rotatable bonds is 7. The molecule has 0 aliphatic heterocycles. The van der Waals surface area contributed by atoms with Gasteiger partial charge in [-0.25, -0.2) is 5.43 Å². The Kier molecular flexibility index (Phi) is 5.83. The van der Waals surface area contributed by atoms with Crippen LogP contribution in [-0.4, -0.2) is 22.3 Å². The molecule has 1 rings (SSSR count). The molecule has 0 fully saturated rings.